The molecule has 1 aromatic rings. The van der Waals surface area contributed by atoms with Crippen LogP contribution >= 0.6 is 0 Å². The Balaban J connectivity index is 2.53. The zero-order valence-corrected chi connectivity index (χ0v) is 8.75. The lowest BCUT2D eigenvalue weighted by Gasteiger charge is -2.22. The first-order valence-electron chi connectivity index (χ1n) is 4.48. The molecule has 0 saturated carbocycles. The highest BCUT2D eigenvalue weighted by molar-refractivity contribution is 7.92. The second-order valence-corrected chi connectivity index (χ2v) is 5.90. The molecule has 0 aliphatic carbocycles. The van der Waals surface area contributed by atoms with E-state index in [0.717, 1.165) is 0 Å². The van der Waals surface area contributed by atoms with E-state index >= 15 is 0 Å². The molecule has 0 amide bonds. The summed E-state index contributed by atoms with van der Waals surface area (Å²) in [4.78, 5) is -1.14. The molecule has 2 rings (SSSR count). The van der Waals surface area contributed by atoms with Crippen molar-refractivity contribution in [3.63, 3.8) is 0 Å². The molecule has 0 spiro atoms. The van der Waals surface area contributed by atoms with E-state index < -0.39 is 14.8 Å². The van der Waals surface area contributed by atoms with Gasteiger partial charge in [0.1, 0.15) is 0 Å². The second kappa shape index (κ2) is 3.07. The fourth-order valence-electron chi connectivity index (χ4n) is 1.63. The smallest absolute Gasteiger partial charge is 0.191 e. The maximum atomic E-state index is 11.8. The number of benzene rings is 1. The molecule has 0 N–H and O–H groups in total. The predicted octanol–water partition coefficient (Wildman–Crippen LogP) is 1.30. The van der Waals surface area contributed by atoms with Crippen LogP contribution in [0.25, 0.3) is 0 Å². The molecule has 0 aromatic heterocycles. The standard InChI is InChI=1S/C10H12O3S/c1-10(9-5-3-2-4-6-9)13-7-8-14(10,11)12/h2-6H,7-8H2,1H3. The van der Waals surface area contributed by atoms with Crippen LogP contribution in [0, 0.1) is 0 Å². The normalized spacial score (nSPS) is 30.4. The molecular weight excluding hydrogens is 200 g/mol. The van der Waals surface area contributed by atoms with Crippen LogP contribution in [0.3, 0.4) is 0 Å². The minimum Gasteiger partial charge on any atom is -0.354 e. The Labute approximate surface area is 83.6 Å². The van der Waals surface area contributed by atoms with Gasteiger partial charge >= 0.3 is 0 Å². The van der Waals surface area contributed by atoms with Crippen LogP contribution in [-0.4, -0.2) is 20.8 Å². The molecule has 1 aliphatic rings. The minimum absolute atomic E-state index is 0.110. The molecule has 1 unspecified atom stereocenters. The van der Waals surface area contributed by atoms with E-state index in [-0.39, 0.29) is 12.4 Å². The minimum atomic E-state index is -3.16. The van der Waals surface area contributed by atoms with Gasteiger partial charge in [-0.2, -0.15) is 0 Å². The number of ether oxygens (including phenoxy) is 1. The monoisotopic (exact) mass is 212 g/mol. The molecule has 1 atom stereocenters. The molecule has 1 fully saturated rings. The Bertz CT molecular complexity index is 424. The van der Waals surface area contributed by atoms with E-state index in [1.54, 1.807) is 19.1 Å². The number of rotatable bonds is 1. The summed E-state index contributed by atoms with van der Waals surface area (Å²) in [6, 6.07) is 9.05. The highest BCUT2D eigenvalue weighted by atomic mass is 32.2. The van der Waals surface area contributed by atoms with E-state index in [0.29, 0.717) is 5.56 Å². The lowest BCUT2D eigenvalue weighted by atomic mass is 10.1. The molecule has 0 bridgehead atoms. The molecule has 76 valence electrons. The Hall–Kier alpha value is -0.870. The van der Waals surface area contributed by atoms with Crippen molar-refractivity contribution in [1.82, 2.24) is 0 Å². The average Bonchev–Trinajstić information content (AvgIpc) is 2.44. The molecule has 4 heteroatoms. The van der Waals surface area contributed by atoms with Crippen LogP contribution in [0.15, 0.2) is 30.3 Å². The third kappa shape index (κ3) is 1.26. The largest absolute Gasteiger partial charge is 0.354 e. The molecule has 14 heavy (non-hydrogen) atoms. The number of sulfone groups is 1. The zero-order chi connectivity index (χ0) is 10.2. The third-order valence-corrected chi connectivity index (χ3v) is 4.87. The highest BCUT2D eigenvalue weighted by Crippen LogP contribution is 2.36. The van der Waals surface area contributed by atoms with Gasteiger partial charge in [0.15, 0.2) is 14.8 Å². The molecule has 1 heterocycles. The van der Waals surface area contributed by atoms with Gasteiger partial charge in [0.2, 0.25) is 0 Å². The van der Waals surface area contributed by atoms with E-state index in [9.17, 15) is 8.42 Å². The molecular formula is C10H12O3S. The first kappa shape index (κ1) is 9.68. The topological polar surface area (TPSA) is 43.4 Å². The van der Waals surface area contributed by atoms with Gasteiger partial charge in [0, 0.05) is 0 Å². The van der Waals surface area contributed by atoms with Crippen LogP contribution in [0.1, 0.15) is 12.5 Å². The van der Waals surface area contributed by atoms with Gasteiger partial charge in [-0.3, -0.25) is 0 Å². The Morgan fingerprint density at radius 2 is 1.93 bits per heavy atom. The first-order valence-corrected chi connectivity index (χ1v) is 6.13. The molecule has 0 radical (unpaired) electrons. The van der Waals surface area contributed by atoms with Crippen molar-refractivity contribution >= 4 is 9.84 Å². The summed E-state index contributed by atoms with van der Waals surface area (Å²) in [5.74, 6) is 0.110. The van der Waals surface area contributed by atoms with E-state index in [2.05, 4.69) is 0 Å². The SMILES string of the molecule is CC1(c2ccccc2)OCCS1(=O)=O. The summed E-state index contributed by atoms with van der Waals surface area (Å²) in [6.07, 6.45) is 0. The molecule has 1 aliphatic heterocycles. The van der Waals surface area contributed by atoms with Crippen LogP contribution < -0.4 is 0 Å². The van der Waals surface area contributed by atoms with Crippen LogP contribution in [0.5, 0.6) is 0 Å². The summed E-state index contributed by atoms with van der Waals surface area (Å²) in [7, 11) is -3.16. The van der Waals surface area contributed by atoms with E-state index in [1.165, 1.54) is 0 Å². The quantitative estimate of drug-likeness (QED) is 0.704. The van der Waals surface area contributed by atoms with Crippen molar-refractivity contribution < 1.29 is 13.2 Å². The lowest BCUT2D eigenvalue weighted by Crippen LogP contribution is -2.29. The summed E-state index contributed by atoms with van der Waals surface area (Å²) >= 11 is 0. The molecule has 1 aromatic carbocycles. The van der Waals surface area contributed by atoms with Crippen molar-refractivity contribution in [2.45, 2.75) is 11.9 Å². The van der Waals surface area contributed by atoms with Crippen molar-refractivity contribution in [1.29, 1.82) is 0 Å². The maximum Gasteiger partial charge on any atom is 0.191 e. The lowest BCUT2D eigenvalue weighted by molar-refractivity contribution is 0.0594. The fraction of sp³-hybridized carbons (Fsp3) is 0.400. The highest BCUT2D eigenvalue weighted by Gasteiger charge is 2.46. The van der Waals surface area contributed by atoms with Gasteiger partial charge in [-0.25, -0.2) is 8.42 Å². The summed E-state index contributed by atoms with van der Waals surface area (Å²) in [5, 5.41) is 0. The van der Waals surface area contributed by atoms with Gasteiger partial charge in [0.05, 0.1) is 12.4 Å². The summed E-state index contributed by atoms with van der Waals surface area (Å²) < 4.78 is 28.9. The van der Waals surface area contributed by atoms with Crippen LogP contribution in [-0.2, 0) is 19.5 Å². The van der Waals surface area contributed by atoms with Gasteiger partial charge in [-0.1, -0.05) is 30.3 Å². The number of hydrogen-bond donors (Lipinski definition) is 0. The first-order chi connectivity index (χ1) is 6.56. The van der Waals surface area contributed by atoms with Crippen molar-refractivity contribution in [2.75, 3.05) is 12.4 Å². The summed E-state index contributed by atoms with van der Waals surface area (Å²) in [5.41, 5.74) is 0.706. The fourth-order valence-corrected chi connectivity index (χ4v) is 3.08. The maximum absolute atomic E-state index is 11.8. The Morgan fingerprint density at radius 1 is 1.29 bits per heavy atom. The average molecular weight is 212 g/mol. The van der Waals surface area contributed by atoms with Crippen molar-refractivity contribution in [3.05, 3.63) is 35.9 Å². The number of hydrogen-bond acceptors (Lipinski definition) is 3. The van der Waals surface area contributed by atoms with Gasteiger partial charge in [0.25, 0.3) is 0 Å². The molecule has 3 nitrogen and oxygen atoms in total. The molecule has 1 saturated heterocycles. The summed E-state index contributed by atoms with van der Waals surface area (Å²) in [6.45, 7) is 1.90. The van der Waals surface area contributed by atoms with Gasteiger partial charge in [-0.15, -0.1) is 0 Å². The Kier molecular flexibility index (Phi) is 2.12. The van der Waals surface area contributed by atoms with Crippen LogP contribution in [0.2, 0.25) is 0 Å². The van der Waals surface area contributed by atoms with E-state index in [1.807, 2.05) is 18.2 Å². The van der Waals surface area contributed by atoms with E-state index in [4.69, 9.17) is 4.74 Å². The predicted molar refractivity (Wildman–Crippen MR) is 53.5 cm³/mol. The van der Waals surface area contributed by atoms with Crippen molar-refractivity contribution in [3.8, 4) is 0 Å². The Morgan fingerprint density at radius 3 is 2.43 bits per heavy atom. The zero-order valence-electron chi connectivity index (χ0n) is 7.93. The van der Waals surface area contributed by atoms with Gasteiger partial charge in [-0.05, 0) is 12.5 Å². The van der Waals surface area contributed by atoms with Crippen LogP contribution in [0.4, 0.5) is 0 Å². The van der Waals surface area contributed by atoms with Crippen molar-refractivity contribution in [2.24, 2.45) is 0 Å². The third-order valence-electron chi connectivity index (χ3n) is 2.62. The van der Waals surface area contributed by atoms with Gasteiger partial charge < -0.3 is 4.74 Å². The second-order valence-electron chi connectivity index (χ2n) is 3.48.